The van der Waals surface area contributed by atoms with Crippen molar-refractivity contribution in [3.8, 4) is 0 Å². The van der Waals surface area contributed by atoms with Crippen LogP contribution in [0.3, 0.4) is 0 Å². The molecule has 0 radical (unpaired) electrons. The first-order chi connectivity index (χ1) is 10.8. The van der Waals surface area contributed by atoms with Crippen LogP contribution in [0.1, 0.15) is 84.5 Å². The van der Waals surface area contributed by atoms with Crippen molar-refractivity contribution in [3.05, 3.63) is 24.3 Å². The van der Waals surface area contributed by atoms with Gasteiger partial charge in [0.25, 0.3) is 0 Å². The second-order valence-electron chi connectivity index (χ2n) is 6.29. The van der Waals surface area contributed by atoms with Crippen molar-refractivity contribution in [2.24, 2.45) is 0 Å². The third-order valence-electron chi connectivity index (χ3n) is 4.12. The van der Waals surface area contributed by atoms with Gasteiger partial charge in [0.2, 0.25) is 5.79 Å². The van der Waals surface area contributed by atoms with E-state index in [0.717, 1.165) is 32.5 Å². The summed E-state index contributed by atoms with van der Waals surface area (Å²) in [5.41, 5.74) is 0. The summed E-state index contributed by atoms with van der Waals surface area (Å²) in [5.74, 6) is -0.590. The first kappa shape index (κ1) is 19.4. The SMILES string of the molecule is CCCCCCCOC1(OCCCCCCC)C=CCC=C1. The first-order valence-electron chi connectivity index (χ1n) is 9.46. The lowest BCUT2D eigenvalue weighted by Gasteiger charge is -2.29. The molecule has 0 fully saturated rings. The molecule has 0 bridgehead atoms. The maximum atomic E-state index is 6.08. The van der Waals surface area contributed by atoms with Gasteiger partial charge in [0.1, 0.15) is 0 Å². The molecule has 2 nitrogen and oxygen atoms in total. The molecule has 128 valence electrons. The van der Waals surface area contributed by atoms with Crippen molar-refractivity contribution < 1.29 is 9.47 Å². The number of hydrogen-bond acceptors (Lipinski definition) is 2. The van der Waals surface area contributed by atoms with E-state index in [0.29, 0.717) is 0 Å². The zero-order chi connectivity index (χ0) is 15.9. The molecule has 0 aliphatic heterocycles. The highest BCUT2D eigenvalue weighted by atomic mass is 16.7. The molecule has 1 aliphatic carbocycles. The van der Waals surface area contributed by atoms with Gasteiger partial charge in [-0.25, -0.2) is 0 Å². The van der Waals surface area contributed by atoms with Gasteiger partial charge < -0.3 is 9.47 Å². The van der Waals surface area contributed by atoms with Gasteiger partial charge in [0.05, 0.1) is 13.2 Å². The monoisotopic (exact) mass is 308 g/mol. The summed E-state index contributed by atoms with van der Waals surface area (Å²) < 4.78 is 12.2. The van der Waals surface area contributed by atoms with Crippen LogP contribution in [-0.4, -0.2) is 19.0 Å². The molecule has 0 unspecified atom stereocenters. The maximum absolute atomic E-state index is 6.08. The lowest BCUT2D eigenvalue weighted by molar-refractivity contribution is -0.173. The maximum Gasteiger partial charge on any atom is 0.207 e. The molecule has 0 aromatic carbocycles. The fraction of sp³-hybridized carbons (Fsp3) is 0.800. The summed E-state index contributed by atoms with van der Waals surface area (Å²) in [6, 6.07) is 0. The zero-order valence-corrected chi connectivity index (χ0v) is 14.8. The standard InChI is InChI=1S/C20H36O2/c1-3-5-7-9-14-18-21-20(16-12-11-13-17-20)22-19-15-10-8-6-4-2/h12-13,16-17H,3-11,14-15,18-19H2,1-2H3. The van der Waals surface area contributed by atoms with Crippen molar-refractivity contribution in [2.75, 3.05) is 13.2 Å². The lowest BCUT2D eigenvalue weighted by atomic mass is 10.1. The Morgan fingerprint density at radius 2 is 1.14 bits per heavy atom. The van der Waals surface area contributed by atoms with Crippen molar-refractivity contribution in [3.63, 3.8) is 0 Å². The van der Waals surface area contributed by atoms with Gasteiger partial charge in [-0.2, -0.15) is 0 Å². The van der Waals surface area contributed by atoms with E-state index in [1.807, 2.05) is 0 Å². The number of rotatable bonds is 14. The average Bonchev–Trinajstić information content (AvgIpc) is 2.55. The minimum atomic E-state index is -0.590. The van der Waals surface area contributed by atoms with Gasteiger partial charge in [-0.1, -0.05) is 77.4 Å². The Morgan fingerprint density at radius 1 is 0.682 bits per heavy atom. The van der Waals surface area contributed by atoms with E-state index in [1.165, 1.54) is 51.4 Å². The molecule has 0 atom stereocenters. The highest BCUT2D eigenvalue weighted by Gasteiger charge is 2.26. The molecule has 1 rings (SSSR count). The van der Waals surface area contributed by atoms with Gasteiger partial charge in [0.15, 0.2) is 0 Å². The van der Waals surface area contributed by atoms with E-state index in [9.17, 15) is 0 Å². The molecule has 1 aliphatic rings. The first-order valence-corrected chi connectivity index (χ1v) is 9.46. The van der Waals surface area contributed by atoms with Crippen LogP contribution in [0.2, 0.25) is 0 Å². The number of hydrogen-bond donors (Lipinski definition) is 0. The van der Waals surface area contributed by atoms with Crippen LogP contribution in [0.4, 0.5) is 0 Å². The molecule has 0 saturated heterocycles. The summed E-state index contributed by atoms with van der Waals surface area (Å²) in [7, 11) is 0. The third kappa shape index (κ3) is 8.75. The van der Waals surface area contributed by atoms with Crippen molar-refractivity contribution >= 4 is 0 Å². The summed E-state index contributed by atoms with van der Waals surface area (Å²) in [6.45, 7) is 6.07. The van der Waals surface area contributed by atoms with Crippen LogP contribution in [0.5, 0.6) is 0 Å². The summed E-state index contributed by atoms with van der Waals surface area (Å²) in [4.78, 5) is 0. The molecule has 0 saturated carbocycles. The van der Waals surface area contributed by atoms with E-state index in [-0.39, 0.29) is 0 Å². The third-order valence-corrected chi connectivity index (χ3v) is 4.12. The minimum absolute atomic E-state index is 0.590. The second kappa shape index (κ2) is 12.9. The van der Waals surface area contributed by atoms with Crippen LogP contribution in [0.25, 0.3) is 0 Å². The van der Waals surface area contributed by atoms with E-state index in [1.54, 1.807) is 0 Å². The van der Waals surface area contributed by atoms with Crippen molar-refractivity contribution in [1.82, 2.24) is 0 Å². The molecule has 0 heterocycles. The summed E-state index contributed by atoms with van der Waals surface area (Å²) in [6.07, 6.45) is 22.1. The fourth-order valence-corrected chi connectivity index (χ4v) is 2.71. The molecular formula is C20H36O2. The van der Waals surface area contributed by atoms with Crippen LogP contribution in [0.15, 0.2) is 24.3 Å². The highest BCUT2D eigenvalue weighted by Crippen LogP contribution is 2.23. The van der Waals surface area contributed by atoms with Gasteiger partial charge in [-0.15, -0.1) is 0 Å². The van der Waals surface area contributed by atoms with Gasteiger partial charge in [0, 0.05) is 0 Å². The molecule has 0 amide bonds. The van der Waals surface area contributed by atoms with Crippen molar-refractivity contribution in [2.45, 2.75) is 90.3 Å². The number of allylic oxidation sites excluding steroid dienone is 2. The van der Waals surface area contributed by atoms with E-state index >= 15 is 0 Å². The minimum Gasteiger partial charge on any atom is -0.343 e. The zero-order valence-electron chi connectivity index (χ0n) is 14.8. The van der Waals surface area contributed by atoms with Crippen molar-refractivity contribution in [1.29, 1.82) is 0 Å². The topological polar surface area (TPSA) is 18.5 Å². The normalized spacial score (nSPS) is 16.3. The molecule has 2 heteroatoms. The Hall–Kier alpha value is -0.600. The van der Waals surface area contributed by atoms with Gasteiger partial charge >= 0.3 is 0 Å². The Labute approximate surface area is 138 Å². The smallest absolute Gasteiger partial charge is 0.207 e. The highest BCUT2D eigenvalue weighted by molar-refractivity contribution is 5.16. The number of unbranched alkanes of at least 4 members (excludes halogenated alkanes) is 8. The van der Waals surface area contributed by atoms with Crippen LogP contribution >= 0.6 is 0 Å². The largest absolute Gasteiger partial charge is 0.343 e. The van der Waals surface area contributed by atoms with E-state index in [4.69, 9.17) is 9.47 Å². The second-order valence-corrected chi connectivity index (χ2v) is 6.29. The molecule has 0 aromatic rings. The summed E-state index contributed by atoms with van der Waals surface area (Å²) in [5, 5.41) is 0. The van der Waals surface area contributed by atoms with Crippen LogP contribution < -0.4 is 0 Å². The predicted octanol–water partition coefficient (Wildman–Crippen LogP) is 6.17. The molecule has 0 spiro atoms. The van der Waals surface area contributed by atoms with Gasteiger partial charge in [-0.05, 0) is 31.4 Å². The van der Waals surface area contributed by atoms with Crippen LogP contribution in [-0.2, 0) is 9.47 Å². The van der Waals surface area contributed by atoms with Crippen LogP contribution in [0, 0.1) is 0 Å². The Balaban J connectivity index is 2.22. The Kier molecular flexibility index (Phi) is 11.4. The van der Waals surface area contributed by atoms with Gasteiger partial charge in [-0.3, -0.25) is 0 Å². The molecule has 0 N–H and O–H groups in total. The quantitative estimate of drug-likeness (QED) is 0.217. The fourth-order valence-electron chi connectivity index (χ4n) is 2.71. The average molecular weight is 309 g/mol. The predicted molar refractivity (Wildman–Crippen MR) is 95.1 cm³/mol. The lowest BCUT2D eigenvalue weighted by Crippen LogP contribution is -2.33. The number of ether oxygens (including phenoxy) is 2. The van der Waals surface area contributed by atoms with E-state index in [2.05, 4.69) is 38.2 Å². The summed E-state index contributed by atoms with van der Waals surface area (Å²) >= 11 is 0. The van der Waals surface area contributed by atoms with E-state index < -0.39 is 5.79 Å². The Bertz CT molecular complexity index is 277. The molecule has 22 heavy (non-hydrogen) atoms. The molecular weight excluding hydrogens is 272 g/mol. The Morgan fingerprint density at radius 3 is 1.59 bits per heavy atom. The molecule has 0 aromatic heterocycles.